The molecule has 0 unspecified atom stereocenters. The van der Waals surface area contributed by atoms with Crippen LogP contribution in [0.1, 0.15) is 25.0 Å². The number of carbonyl (C=O) groups is 1. The van der Waals surface area contributed by atoms with Crippen molar-refractivity contribution in [1.29, 1.82) is 0 Å². The summed E-state index contributed by atoms with van der Waals surface area (Å²) in [5.74, 6) is 0.943. The van der Waals surface area contributed by atoms with Gasteiger partial charge in [0.15, 0.2) is 5.17 Å². The van der Waals surface area contributed by atoms with Crippen LogP contribution in [0.5, 0.6) is 5.75 Å². The van der Waals surface area contributed by atoms with Crippen molar-refractivity contribution in [3.63, 3.8) is 0 Å². The highest BCUT2D eigenvalue weighted by atomic mass is 32.2. The van der Waals surface area contributed by atoms with Crippen molar-refractivity contribution < 1.29 is 9.53 Å². The van der Waals surface area contributed by atoms with Crippen molar-refractivity contribution in [1.82, 2.24) is 4.90 Å². The minimum Gasteiger partial charge on any atom is -0.493 e. The highest BCUT2D eigenvalue weighted by Crippen LogP contribution is 2.34. The first-order valence-electron chi connectivity index (χ1n) is 7.74. The predicted molar refractivity (Wildman–Crippen MR) is 95.7 cm³/mol. The van der Waals surface area contributed by atoms with Gasteiger partial charge in [-0.2, -0.15) is 0 Å². The van der Waals surface area contributed by atoms with E-state index in [1.165, 1.54) is 17.3 Å². The van der Waals surface area contributed by atoms with Gasteiger partial charge in [0.1, 0.15) is 5.75 Å². The maximum Gasteiger partial charge on any atom is 0.267 e. The van der Waals surface area contributed by atoms with Crippen LogP contribution in [0.4, 0.5) is 0 Å². The number of aliphatic imine (C=N–C) groups is 1. The number of hydrogen-bond acceptors (Lipinski definition) is 4. The highest BCUT2D eigenvalue weighted by molar-refractivity contribution is 8.18. The van der Waals surface area contributed by atoms with Gasteiger partial charge in [-0.1, -0.05) is 12.1 Å². The molecule has 0 radical (unpaired) electrons. The Morgan fingerprint density at radius 1 is 1.48 bits per heavy atom. The summed E-state index contributed by atoms with van der Waals surface area (Å²) in [4.78, 5) is 19.5. The second kappa shape index (κ2) is 6.62. The number of nitrogens with zero attached hydrogens (tertiary/aromatic N) is 2. The van der Waals surface area contributed by atoms with Crippen molar-refractivity contribution >= 4 is 28.9 Å². The lowest BCUT2D eigenvalue weighted by Crippen LogP contribution is -2.29. The lowest BCUT2D eigenvalue weighted by Gasteiger charge is -2.13. The molecular weight excluding hydrogens is 308 g/mol. The molecule has 2 heterocycles. The van der Waals surface area contributed by atoms with Crippen molar-refractivity contribution in [3.05, 3.63) is 46.9 Å². The molecule has 4 nitrogen and oxygen atoms in total. The van der Waals surface area contributed by atoms with Gasteiger partial charge in [-0.05, 0) is 54.9 Å². The Bertz CT molecular complexity index is 707. The Morgan fingerprint density at radius 2 is 2.30 bits per heavy atom. The quantitative estimate of drug-likeness (QED) is 0.627. The first-order valence-corrected chi connectivity index (χ1v) is 8.56. The second-order valence-corrected chi connectivity index (χ2v) is 6.80. The molecule has 1 fully saturated rings. The standard InChI is InChI=1S/C18H20N2O2S/c1-4-8-20-17(21)16(23-18(20)19-12(2)3)11-13-5-6-15-14(10-13)7-9-22-15/h4-6,10-12H,1,7-9H2,2-3H3/b16-11-,19-18?. The Balaban J connectivity index is 1.90. The zero-order chi connectivity index (χ0) is 16.4. The van der Waals surface area contributed by atoms with Crippen LogP contribution in [-0.2, 0) is 11.2 Å². The molecule has 0 saturated carbocycles. The van der Waals surface area contributed by atoms with Gasteiger partial charge < -0.3 is 4.74 Å². The van der Waals surface area contributed by atoms with Gasteiger partial charge in [0.2, 0.25) is 0 Å². The summed E-state index contributed by atoms with van der Waals surface area (Å²) in [5.41, 5.74) is 2.23. The van der Waals surface area contributed by atoms with E-state index in [4.69, 9.17) is 4.74 Å². The van der Waals surface area contributed by atoms with Crippen LogP contribution >= 0.6 is 11.8 Å². The van der Waals surface area contributed by atoms with Gasteiger partial charge in [0.05, 0.1) is 11.5 Å². The summed E-state index contributed by atoms with van der Waals surface area (Å²) >= 11 is 1.43. The van der Waals surface area contributed by atoms with Crippen molar-refractivity contribution in [2.75, 3.05) is 13.2 Å². The zero-order valence-electron chi connectivity index (χ0n) is 13.4. The van der Waals surface area contributed by atoms with E-state index in [9.17, 15) is 4.79 Å². The SMILES string of the molecule is C=CCN1C(=O)/C(=C/c2ccc3c(c2)CCO3)SC1=NC(C)C. The van der Waals surface area contributed by atoms with E-state index in [1.807, 2.05) is 32.1 Å². The van der Waals surface area contributed by atoms with Crippen LogP contribution in [0.25, 0.3) is 6.08 Å². The van der Waals surface area contributed by atoms with Crippen molar-refractivity contribution in [2.24, 2.45) is 4.99 Å². The Morgan fingerprint density at radius 3 is 3.04 bits per heavy atom. The average Bonchev–Trinajstić information content (AvgIpc) is 3.07. The second-order valence-electron chi connectivity index (χ2n) is 5.79. The molecule has 0 atom stereocenters. The maximum atomic E-state index is 12.6. The van der Waals surface area contributed by atoms with Crippen LogP contribution < -0.4 is 4.74 Å². The van der Waals surface area contributed by atoms with E-state index in [0.29, 0.717) is 11.4 Å². The topological polar surface area (TPSA) is 41.9 Å². The summed E-state index contributed by atoms with van der Waals surface area (Å²) in [6, 6.07) is 6.21. The molecule has 0 aliphatic carbocycles. The number of amidine groups is 1. The van der Waals surface area contributed by atoms with Gasteiger partial charge in [-0.25, -0.2) is 0 Å². The molecule has 1 aromatic rings. The molecule has 0 aromatic heterocycles. The molecule has 23 heavy (non-hydrogen) atoms. The number of benzene rings is 1. The largest absolute Gasteiger partial charge is 0.493 e. The van der Waals surface area contributed by atoms with E-state index in [1.54, 1.807) is 11.0 Å². The van der Waals surface area contributed by atoms with Gasteiger partial charge in [-0.15, -0.1) is 6.58 Å². The van der Waals surface area contributed by atoms with Gasteiger partial charge >= 0.3 is 0 Å². The number of hydrogen-bond donors (Lipinski definition) is 0. The number of ether oxygens (including phenoxy) is 1. The van der Waals surface area contributed by atoms with Gasteiger partial charge in [0, 0.05) is 19.0 Å². The molecular formula is C18H20N2O2S. The normalized spacial score (nSPS) is 20.5. The lowest BCUT2D eigenvalue weighted by molar-refractivity contribution is -0.121. The zero-order valence-corrected chi connectivity index (χ0v) is 14.2. The number of carbonyl (C=O) groups excluding carboxylic acids is 1. The molecule has 1 amide bonds. The van der Waals surface area contributed by atoms with Crippen molar-refractivity contribution in [3.8, 4) is 5.75 Å². The minimum atomic E-state index is -0.00829. The van der Waals surface area contributed by atoms with Crippen LogP contribution in [0.15, 0.2) is 40.8 Å². The fourth-order valence-electron chi connectivity index (χ4n) is 2.56. The van der Waals surface area contributed by atoms with E-state index in [0.717, 1.165) is 29.5 Å². The van der Waals surface area contributed by atoms with E-state index in [2.05, 4.69) is 17.6 Å². The fraction of sp³-hybridized carbons (Fsp3) is 0.333. The van der Waals surface area contributed by atoms with Crippen molar-refractivity contribution in [2.45, 2.75) is 26.3 Å². The van der Waals surface area contributed by atoms with E-state index >= 15 is 0 Å². The third-order valence-corrected chi connectivity index (χ3v) is 4.60. The van der Waals surface area contributed by atoms with Crippen LogP contribution in [0, 0.1) is 0 Å². The monoisotopic (exact) mass is 328 g/mol. The smallest absolute Gasteiger partial charge is 0.267 e. The molecule has 1 aromatic carbocycles. The molecule has 1 saturated heterocycles. The summed E-state index contributed by atoms with van der Waals surface area (Å²) in [6.07, 6.45) is 4.59. The van der Waals surface area contributed by atoms with Crippen LogP contribution in [0.2, 0.25) is 0 Å². The van der Waals surface area contributed by atoms with E-state index in [-0.39, 0.29) is 11.9 Å². The molecule has 3 rings (SSSR count). The molecule has 0 spiro atoms. The molecule has 0 bridgehead atoms. The lowest BCUT2D eigenvalue weighted by atomic mass is 10.1. The summed E-state index contributed by atoms with van der Waals surface area (Å²) in [6.45, 7) is 8.96. The Hall–Kier alpha value is -2.01. The Kier molecular flexibility index (Phi) is 4.57. The third kappa shape index (κ3) is 3.34. The summed E-state index contributed by atoms with van der Waals surface area (Å²) in [7, 11) is 0. The first-order chi connectivity index (χ1) is 11.1. The molecule has 120 valence electrons. The van der Waals surface area contributed by atoms with Gasteiger partial charge in [-0.3, -0.25) is 14.7 Å². The number of amides is 1. The molecule has 0 N–H and O–H groups in total. The molecule has 2 aliphatic rings. The molecule has 2 aliphatic heterocycles. The highest BCUT2D eigenvalue weighted by Gasteiger charge is 2.32. The number of rotatable bonds is 4. The Labute approximate surface area is 140 Å². The van der Waals surface area contributed by atoms with Crippen LogP contribution in [-0.4, -0.2) is 35.2 Å². The van der Waals surface area contributed by atoms with Gasteiger partial charge in [0.25, 0.3) is 5.91 Å². The average molecular weight is 328 g/mol. The summed E-state index contributed by atoms with van der Waals surface area (Å²) in [5, 5.41) is 0.751. The summed E-state index contributed by atoms with van der Waals surface area (Å²) < 4.78 is 5.52. The maximum absolute atomic E-state index is 12.6. The minimum absolute atomic E-state index is 0.00829. The fourth-order valence-corrected chi connectivity index (χ4v) is 3.68. The molecule has 5 heteroatoms. The van der Waals surface area contributed by atoms with E-state index < -0.39 is 0 Å². The van der Waals surface area contributed by atoms with Crippen LogP contribution in [0.3, 0.4) is 0 Å². The number of thioether (sulfide) groups is 1. The first kappa shape index (κ1) is 15.9. The third-order valence-electron chi connectivity index (χ3n) is 3.58. The predicted octanol–water partition coefficient (Wildman–Crippen LogP) is 3.49. The number of fused-ring (bicyclic) bond motifs is 1.